The van der Waals surface area contributed by atoms with Crippen molar-refractivity contribution in [1.29, 1.82) is 0 Å². The standard InChI is InChI=1S/C18H20F2N4O2/c1-2-3-4-18(22-23-18)5-6-21-17(25)13-11-14(19)16(15(20)12-13)24-7-9-26-10-8-24/h1,11-12H,3-10H2,(H,21,25). The summed E-state index contributed by atoms with van der Waals surface area (Å²) in [6.45, 7) is 1.94. The molecule has 0 bridgehead atoms. The Morgan fingerprint density at radius 1 is 1.27 bits per heavy atom. The van der Waals surface area contributed by atoms with Crippen LogP contribution in [0.15, 0.2) is 22.4 Å². The molecule has 0 atom stereocenters. The molecule has 2 aliphatic rings. The summed E-state index contributed by atoms with van der Waals surface area (Å²) < 4.78 is 33.9. The van der Waals surface area contributed by atoms with Gasteiger partial charge in [-0.2, -0.15) is 10.2 Å². The minimum Gasteiger partial charge on any atom is -0.378 e. The van der Waals surface area contributed by atoms with Crippen LogP contribution in [0.1, 0.15) is 29.6 Å². The lowest BCUT2D eigenvalue weighted by molar-refractivity contribution is 0.0950. The SMILES string of the molecule is C#CCCC1(CCNC(=O)c2cc(F)c(N3CCOCC3)c(F)c2)N=N1. The molecule has 2 heterocycles. The molecule has 1 fully saturated rings. The van der Waals surface area contributed by atoms with Crippen molar-refractivity contribution < 1.29 is 18.3 Å². The summed E-state index contributed by atoms with van der Waals surface area (Å²) in [4.78, 5) is 13.8. The van der Waals surface area contributed by atoms with Crippen LogP contribution in [0, 0.1) is 24.0 Å². The summed E-state index contributed by atoms with van der Waals surface area (Å²) >= 11 is 0. The fraction of sp³-hybridized carbons (Fsp3) is 0.500. The normalized spacial score (nSPS) is 17.7. The smallest absolute Gasteiger partial charge is 0.251 e. The molecular formula is C18H20F2N4O2. The van der Waals surface area contributed by atoms with Gasteiger partial charge in [0.1, 0.15) is 17.3 Å². The molecule has 1 aromatic rings. The second-order valence-electron chi connectivity index (χ2n) is 6.28. The second kappa shape index (κ2) is 7.79. The van der Waals surface area contributed by atoms with Crippen LogP contribution >= 0.6 is 0 Å². The number of amides is 1. The molecule has 8 heteroatoms. The lowest BCUT2D eigenvalue weighted by atomic mass is 10.0. The maximum Gasteiger partial charge on any atom is 0.251 e. The van der Waals surface area contributed by atoms with Crippen LogP contribution in [0.2, 0.25) is 0 Å². The number of carbonyl (C=O) groups excluding carboxylic acids is 1. The van der Waals surface area contributed by atoms with Crippen LogP contribution < -0.4 is 10.2 Å². The minimum atomic E-state index is -0.755. The third-order valence-corrected chi connectivity index (χ3v) is 4.47. The number of morpholine rings is 1. The van der Waals surface area contributed by atoms with E-state index in [0.29, 0.717) is 52.1 Å². The highest BCUT2D eigenvalue weighted by Gasteiger charge is 2.38. The zero-order valence-electron chi connectivity index (χ0n) is 14.3. The fourth-order valence-electron chi connectivity index (χ4n) is 2.93. The molecule has 0 radical (unpaired) electrons. The van der Waals surface area contributed by atoms with E-state index >= 15 is 0 Å². The molecule has 1 N–H and O–H groups in total. The van der Waals surface area contributed by atoms with E-state index in [9.17, 15) is 13.6 Å². The van der Waals surface area contributed by atoms with Crippen LogP contribution in [0.5, 0.6) is 0 Å². The Balaban J connectivity index is 1.58. The topological polar surface area (TPSA) is 66.3 Å². The van der Waals surface area contributed by atoms with Gasteiger partial charge < -0.3 is 15.0 Å². The summed E-state index contributed by atoms with van der Waals surface area (Å²) in [6, 6.07) is 2.12. The summed E-state index contributed by atoms with van der Waals surface area (Å²) in [7, 11) is 0. The number of nitrogens with zero attached hydrogens (tertiary/aromatic N) is 3. The van der Waals surface area contributed by atoms with E-state index < -0.39 is 23.2 Å². The van der Waals surface area contributed by atoms with Gasteiger partial charge in [-0.1, -0.05) is 0 Å². The Morgan fingerprint density at radius 2 is 1.92 bits per heavy atom. The van der Waals surface area contributed by atoms with Gasteiger partial charge in [-0.25, -0.2) is 8.78 Å². The van der Waals surface area contributed by atoms with E-state index in [-0.39, 0.29) is 11.3 Å². The van der Waals surface area contributed by atoms with Crippen LogP contribution in [0.25, 0.3) is 0 Å². The van der Waals surface area contributed by atoms with E-state index in [0.717, 1.165) is 12.1 Å². The maximum atomic E-state index is 14.4. The Bertz CT molecular complexity index is 725. The molecule has 138 valence electrons. The predicted octanol–water partition coefficient (Wildman–Crippen LogP) is 2.50. The zero-order valence-corrected chi connectivity index (χ0v) is 14.3. The van der Waals surface area contributed by atoms with Crippen molar-refractivity contribution in [2.75, 3.05) is 37.7 Å². The van der Waals surface area contributed by atoms with Crippen molar-refractivity contribution in [3.63, 3.8) is 0 Å². The van der Waals surface area contributed by atoms with Crippen molar-refractivity contribution in [2.45, 2.75) is 24.9 Å². The first-order chi connectivity index (χ1) is 12.5. The van der Waals surface area contributed by atoms with Crippen molar-refractivity contribution >= 4 is 11.6 Å². The highest BCUT2D eigenvalue weighted by Crippen LogP contribution is 2.36. The molecule has 1 saturated heterocycles. The van der Waals surface area contributed by atoms with Gasteiger partial charge in [-0.3, -0.25) is 4.79 Å². The highest BCUT2D eigenvalue weighted by atomic mass is 19.1. The Morgan fingerprint density at radius 3 is 2.50 bits per heavy atom. The van der Waals surface area contributed by atoms with Gasteiger partial charge in [0, 0.05) is 44.5 Å². The lowest BCUT2D eigenvalue weighted by Crippen LogP contribution is -2.37. The molecule has 0 saturated carbocycles. The number of carbonyl (C=O) groups is 1. The van der Waals surface area contributed by atoms with Crippen LogP contribution in [-0.4, -0.2) is 44.4 Å². The number of hydrogen-bond donors (Lipinski definition) is 1. The average Bonchev–Trinajstić information content (AvgIpc) is 3.40. The Hall–Kier alpha value is -2.53. The molecule has 3 rings (SSSR count). The van der Waals surface area contributed by atoms with E-state index in [2.05, 4.69) is 21.5 Å². The first kappa shape index (κ1) is 18.3. The number of rotatable bonds is 7. The predicted molar refractivity (Wildman–Crippen MR) is 92.0 cm³/mol. The molecule has 26 heavy (non-hydrogen) atoms. The lowest BCUT2D eigenvalue weighted by Gasteiger charge is -2.29. The van der Waals surface area contributed by atoms with Crippen LogP contribution in [0.3, 0.4) is 0 Å². The zero-order chi connectivity index (χ0) is 18.6. The number of halogens is 2. The average molecular weight is 362 g/mol. The number of ether oxygens (including phenoxy) is 1. The Labute approximate surface area is 150 Å². The quantitative estimate of drug-likeness (QED) is 0.758. The largest absolute Gasteiger partial charge is 0.378 e. The van der Waals surface area contributed by atoms with Crippen molar-refractivity contribution in [3.8, 4) is 12.3 Å². The van der Waals surface area contributed by atoms with E-state index in [1.54, 1.807) is 4.90 Å². The molecule has 1 aromatic carbocycles. The molecule has 1 amide bonds. The summed E-state index contributed by atoms with van der Waals surface area (Å²) in [6.07, 6.45) is 6.93. The maximum absolute atomic E-state index is 14.4. The first-order valence-corrected chi connectivity index (χ1v) is 8.52. The number of benzene rings is 1. The molecule has 0 aliphatic carbocycles. The molecular weight excluding hydrogens is 342 g/mol. The van der Waals surface area contributed by atoms with Crippen molar-refractivity contribution in [3.05, 3.63) is 29.3 Å². The summed E-state index contributed by atoms with van der Waals surface area (Å²) in [5.74, 6) is 0.483. The molecule has 0 aromatic heterocycles. The molecule has 6 nitrogen and oxygen atoms in total. The van der Waals surface area contributed by atoms with Gasteiger partial charge in [-0.05, 0) is 12.1 Å². The second-order valence-corrected chi connectivity index (χ2v) is 6.28. The van der Waals surface area contributed by atoms with Gasteiger partial charge >= 0.3 is 0 Å². The number of hydrogen-bond acceptors (Lipinski definition) is 5. The fourth-order valence-corrected chi connectivity index (χ4v) is 2.93. The van der Waals surface area contributed by atoms with Gasteiger partial charge in [0.25, 0.3) is 5.91 Å². The molecule has 0 unspecified atom stereocenters. The minimum absolute atomic E-state index is 0.0561. The van der Waals surface area contributed by atoms with E-state index in [1.807, 2.05) is 0 Å². The van der Waals surface area contributed by atoms with Crippen LogP contribution in [-0.2, 0) is 4.74 Å². The van der Waals surface area contributed by atoms with Crippen LogP contribution in [0.4, 0.5) is 14.5 Å². The Kier molecular flexibility index (Phi) is 5.47. The number of anilines is 1. The highest BCUT2D eigenvalue weighted by molar-refractivity contribution is 5.94. The third kappa shape index (κ3) is 4.17. The van der Waals surface area contributed by atoms with E-state index in [4.69, 9.17) is 11.2 Å². The number of terminal acetylenes is 1. The van der Waals surface area contributed by atoms with Gasteiger partial charge in [0.15, 0.2) is 5.66 Å². The monoisotopic (exact) mass is 362 g/mol. The van der Waals surface area contributed by atoms with Crippen molar-refractivity contribution in [2.24, 2.45) is 10.2 Å². The third-order valence-electron chi connectivity index (χ3n) is 4.47. The van der Waals surface area contributed by atoms with Gasteiger partial charge in [0.05, 0.1) is 13.2 Å². The summed E-state index contributed by atoms with van der Waals surface area (Å²) in [5.41, 5.74) is -0.677. The molecule has 0 spiro atoms. The van der Waals surface area contributed by atoms with Gasteiger partial charge in [0.2, 0.25) is 0 Å². The van der Waals surface area contributed by atoms with Gasteiger partial charge in [-0.15, -0.1) is 12.3 Å². The molecule has 2 aliphatic heterocycles. The first-order valence-electron chi connectivity index (χ1n) is 8.52. The van der Waals surface area contributed by atoms with E-state index in [1.165, 1.54) is 0 Å². The van der Waals surface area contributed by atoms with Crippen molar-refractivity contribution in [1.82, 2.24) is 5.32 Å². The summed E-state index contributed by atoms with van der Waals surface area (Å²) in [5, 5.41) is 10.6. The number of nitrogens with one attached hydrogen (secondary N) is 1.